The minimum absolute atomic E-state index is 0.519. The first kappa shape index (κ1) is 24.5. The number of rotatable bonds is 3. The Labute approximate surface area is 250 Å². The van der Waals surface area contributed by atoms with Gasteiger partial charge in [-0.2, -0.15) is 10.5 Å². The van der Waals surface area contributed by atoms with Crippen LogP contribution in [0.2, 0.25) is 0 Å². The molecule has 0 amide bonds. The lowest BCUT2D eigenvalue weighted by atomic mass is 9.84. The predicted octanol–water partition coefficient (Wildman–Crippen LogP) is 11.2. The van der Waals surface area contributed by atoms with Crippen LogP contribution in [0.3, 0.4) is 0 Å². The summed E-state index contributed by atoms with van der Waals surface area (Å²) in [4.78, 5) is 0. The van der Waals surface area contributed by atoms with Gasteiger partial charge in [-0.25, -0.2) is 0 Å². The molecule has 0 radical (unpaired) electrons. The van der Waals surface area contributed by atoms with Crippen LogP contribution in [0, 0.1) is 22.7 Å². The lowest BCUT2D eigenvalue weighted by molar-refractivity contribution is 1.44. The van der Waals surface area contributed by atoms with Crippen LogP contribution in [0.4, 0.5) is 0 Å². The zero-order valence-electron chi connectivity index (χ0n) is 22.3. The van der Waals surface area contributed by atoms with E-state index >= 15 is 0 Å². The molecule has 0 spiro atoms. The number of nitrogens with zero attached hydrogens (tertiary/aromatic N) is 2. The molecule has 6 aromatic carbocycles. The van der Waals surface area contributed by atoms with Gasteiger partial charge in [-0.05, 0) is 35.4 Å². The van der Waals surface area contributed by atoms with Gasteiger partial charge in [-0.15, -0.1) is 22.7 Å². The van der Waals surface area contributed by atoms with E-state index in [-0.39, 0.29) is 0 Å². The molecule has 0 aliphatic carbocycles. The second-order valence-corrected chi connectivity index (χ2v) is 12.4. The summed E-state index contributed by atoms with van der Waals surface area (Å²) < 4.78 is 4.72. The molecule has 0 saturated carbocycles. The maximum absolute atomic E-state index is 10.8. The number of fused-ring (bicyclic) bond motifs is 6. The first-order valence-electron chi connectivity index (χ1n) is 13.6. The topological polar surface area (TPSA) is 47.6 Å². The summed E-state index contributed by atoms with van der Waals surface area (Å²) in [5, 5.41) is 26.2. The summed E-state index contributed by atoms with van der Waals surface area (Å²) in [6.45, 7) is 0. The van der Waals surface area contributed by atoms with Crippen molar-refractivity contribution in [3.05, 3.63) is 132 Å². The van der Waals surface area contributed by atoms with Gasteiger partial charge in [-0.1, -0.05) is 97.1 Å². The van der Waals surface area contributed by atoms with Gasteiger partial charge in [0.2, 0.25) is 0 Å². The molecule has 42 heavy (non-hydrogen) atoms. The quantitative estimate of drug-likeness (QED) is 0.213. The molecule has 0 fully saturated rings. The smallest absolute Gasteiger partial charge is 0.100 e. The minimum atomic E-state index is 0.519. The summed E-state index contributed by atoms with van der Waals surface area (Å²) in [5.41, 5.74) is 6.25. The molecular weight excluding hydrogens is 549 g/mol. The molecule has 0 atom stereocenters. The van der Waals surface area contributed by atoms with Crippen molar-refractivity contribution in [3.63, 3.8) is 0 Å². The monoisotopic (exact) mass is 568 g/mol. The van der Waals surface area contributed by atoms with Crippen LogP contribution in [0.25, 0.3) is 73.7 Å². The summed E-state index contributed by atoms with van der Waals surface area (Å²) >= 11 is 3.49. The Balaban J connectivity index is 1.49. The van der Waals surface area contributed by atoms with Crippen molar-refractivity contribution in [2.24, 2.45) is 0 Å². The highest BCUT2D eigenvalue weighted by atomic mass is 32.1. The molecule has 0 aliphatic rings. The molecule has 2 heterocycles. The molecule has 2 nitrogen and oxygen atoms in total. The average molecular weight is 569 g/mol. The number of thiophene rings is 2. The van der Waals surface area contributed by atoms with E-state index in [2.05, 4.69) is 97.1 Å². The van der Waals surface area contributed by atoms with Gasteiger partial charge in [-0.3, -0.25) is 0 Å². The van der Waals surface area contributed by atoms with Gasteiger partial charge in [0.25, 0.3) is 0 Å². The summed E-state index contributed by atoms with van der Waals surface area (Å²) in [6.07, 6.45) is 0. The maximum Gasteiger partial charge on any atom is 0.100 e. The summed E-state index contributed by atoms with van der Waals surface area (Å²) in [5.74, 6) is 0. The van der Waals surface area contributed by atoms with E-state index in [0.717, 1.165) is 37.2 Å². The Hall–Kier alpha value is -5.26. The first-order chi connectivity index (χ1) is 20.7. The SMILES string of the molecule is N#Cc1c(-c2ccccc2)cc(-c2cccc3c2sc2ccccc23)c(C#N)c1-c1ccc2c(c1)sc1ccccc12. The van der Waals surface area contributed by atoms with Crippen molar-refractivity contribution in [2.75, 3.05) is 0 Å². The Morgan fingerprint density at radius 2 is 1.05 bits per heavy atom. The molecular formula is C38H20N2S2. The Morgan fingerprint density at radius 1 is 0.429 bits per heavy atom. The molecule has 0 N–H and O–H groups in total. The van der Waals surface area contributed by atoms with Crippen molar-refractivity contribution >= 4 is 63.0 Å². The third kappa shape index (κ3) is 3.67. The maximum atomic E-state index is 10.8. The lowest BCUT2D eigenvalue weighted by Crippen LogP contribution is -1.98. The molecule has 194 valence electrons. The fourth-order valence-corrected chi connectivity index (χ4v) is 8.48. The van der Waals surface area contributed by atoms with Gasteiger partial charge in [0.05, 0.1) is 11.1 Å². The van der Waals surface area contributed by atoms with Gasteiger partial charge in [0.1, 0.15) is 12.1 Å². The zero-order chi connectivity index (χ0) is 28.2. The standard InChI is InChI=1S/C38H20N2S2/c39-21-32-30(23-9-2-1-3-10-23)20-31(29-14-8-13-28-26-12-5-7-16-35(26)42-38(28)29)33(22-40)37(32)24-17-18-27-25-11-4-6-15-34(25)41-36(27)19-24/h1-20H. The molecule has 8 rings (SSSR count). The van der Waals surface area contributed by atoms with Crippen molar-refractivity contribution in [2.45, 2.75) is 0 Å². The summed E-state index contributed by atoms with van der Waals surface area (Å²) in [7, 11) is 0. The van der Waals surface area contributed by atoms with E-state index < -0.39 is 0 Å². The first-order valence-corrected chi connectivity index (χ1v) is 15.3. The number of benzene rings is 6. The molecule has 4 heteroatoms. The van der Waals surface area contributed by atoms with E-state index in [9.17, 15) is 10.5 Å². The van der Waals surface area contributed by atoms with Crippen LogP contribution < -0.4 is 0 Å². The van der Waals surface area contributed by atoms with Crippen LogP contribution >= 0.6 is 22.7 Å². The second kappa shape index (κ2) is 9.68. The average Bonchev–Trinajstić information content (AvgIpc) is 3.62. The van der Waals surface area contributed by atoms with Gasteiger partial charge < -0.3 is 0 Å². The molecule has 2 aromatic heterocycles. The van der Waals surface area contributed by atoms with Crippen LogP contribution in [0.5, 0.6) is 0 Å². The highest BCUT2D eigenvalue weighted by molar-refractivity contribution is 7.26. The van der Waals surface area contributed by atoms with E-state index in [0.29, 0.717) is 16.7 Å². The van der Waals surface area contributed by atoms with Crippen LogP contribution in [-0.4, -0.2) is 0 Å². The molecule has 0 bridgehead atoms. The number of nitriles is 2. The normalized spacial score (nSPS) is 11.3. The zero-order valence-corrected chi connectivity index (χ0v) is 23.9. The van der Waals surface area contributed by atoms with Crippen molar-refractivity contribution in [3.8, 4) is 45.5 Å². The number of hydrogen-bond donors (Lipinski definition) is 0. The van der Waals surface area contributed by atoms with Crippen LogP contribution in [-0.2, 0) is 0 Å². The predicted molar refractivity (Wildman–Crippen MR) is 178 cm³/mol. The van der Waals surface area contributed by atoms with Gasteiger partial charge in [0, 0.05) is 62.6 Å². The van der Waals surface area contributed by atoms with Gasteiger partial charge in [0.15, 0.2) is 0 Å². The van der Waals surface area contributed by atoms with Crippen molar-refractivity contribution in [1.82, 2.24) is 0 Å². The van der Waals surface area contributed by atoms with Crippen LogP contribution in [0.1, 0.15) is 11.1 Å². The molecule has 0 saturated heterocycles. The van der Waals surface area contributed by atoms with Crippen molar-refractivity contribution < 1.29 is 0 Å². The third-order valence-electron chi connectivity index (χ3n) is 8.00. The van der Waals surface area contributed by atoms with E-state index in [1.807, 2.05) is 36.4 Å². The van der Waals surface area contributed by atoms with Crippen LogP contribution in [0.15, 0.2) is 121 Å². The highest BCUT2D eigenvalue weighted by Gasteiger charge is 2.23. The fourth-order valence-electron chi connectivity index (χ4n) is 6.10. The highest BCUT2D eigenvalue weighted by Crippen LogP contribution is 2.46. The lowest BCUT2D eigenvalue weighted by Gasteiger charge is -2.17. The van der Waals surface area contributed by atoms with E-state index in [1.54, 1.807) is 22.7 Å². The van der Waals surface area contributed by atoms with Gasteiger partial charge >= 0.3 is 0 Å². The third-order valence-corrected chi connectivity index (χ3v) is 10.4. The van der Waals surface area contributed by atoms with Crippen molar-refractivity contribution in [1.29, 1.82) is 10.5 Å². The van der Waals surface area contributed by atoms with E-state index in [4.69, 9.17) is 0 Å². The Bertz CT molecular complexity index is 2430. The number of hydrogen-bond acceptors (Lipinski definition) is 4. The molecule has 0 aliphatic heterocycles. The minimum Gasteiger partial charge on any atom is -0.192 e. The Morgan fingerprint density at radius 3 is 1.81 bits per heavy atom. The van der Waals surface area contributed by atoms with E-state index in [1.165, 1.54) is 30.9 Å². The fraction of sp³-hybridized carbons (Fsp3) is 0. The molecule has 0 unspecified atom stereocenters. The summed E-state index contributed by atoms with van der Waals surface area (Å²) in [6, 6.07) is 46.6. The largest absolute Gasteiger partial charge is 0.192 e. The Kier molecular flexibility index (Phi) is 5.66. The molecule has 8 aromatic rings. The second-order valence-electron chi connectivity index (χ2n) is 10.3.